The van der Waals surface area contributed by atoms with Crippen molar-refractivity contribution in [2.45, 2.75) is 39.9 Å². The van der Waals surface area contributed by atoms with Crippen LogP contribution >= 0.6 is 0 Å². The van der Waals surface area contributed by atoms with Crippen LogP contribution in [-0.4, -0.2) is 14.1 Å². The molecule has 0 bridgehead atoms. The number of fused-ring (bicyclic) bond motifs is 4. The van der Waals surface area contributed by atoms with Crippen LogP contribution in [0.5, 0.6) is 11.5 Å². The molecule has 0 saturated carbocycles. The minimum absolute atomic E-state index is 0. The van der Waals surface area contributed by atoms with Crippen LogP contribution in [-0.2, 0) is 26.5 Å². The van der Waals surface area contributed by atoms with Crippen molar-refractivity contribution in [3.8, 4) is 84.3 Å². The number of aryl methyl sites for hydroxylation is 2. The van der Waals surface area contributed by atoms with Crippen molar-refractivity contribution in [2.24, 2.45) is 0 Å². The average molecular weight is 1210 g/mol. The van der Waals surface area contributed by atoms with Gasteiger partial charge in [0, 0.05) is 52.5 Å². The van der Waals surface area contributed by atoms with Crippen LogP contribution < -0.4 is 9.30 Å². The summed E-state index contributed by atoms with van der Waals surface area (Å²) in [6, 6.07) is 23.7. The van der Waals surface area contributed by atoms with E-state index >= 15 is 0 Å². The molecular weight excluding hydrogens is 1130 g/mol. The first-order valence-corrected chi connectivity index (χ1v) is 24.3. The standard InChI is InChI=1S/C72H54N4O.Pt/c1-48-20-17-21-49(2)70(48)53-34-37-66-68(43-53)74(58-28-18-29-59(45-58)77-60-35-36-64-63-30-15-16-33-65(63)76(67(64)46-60)69-44-57(38-39-73-69)72(3,4)5)47-75(66)71-61(52-26-13-8-14-27-52)31-19-32-62(71)56-41-54(50-22-9-6-10-23-50)40-55(42-56)51-24-11-7-12-25-51;/h6-44H,1-5H3;/q-2;/i1D3,2D3,6D,7D,8D,9D,10D,11D,12D,13D,14D,22D,23D,24D,25D,26D,27D,40D,41D,42D;. The fourth-order valence-electron chi connectivity index (χ4n) is 9.57. The molecular formula is C72H54N4OPt-2. The summed E-state index contributed by atoms with van der Waals surface area (Å²) in [5.74, 6) is 0.962. The van der Waals surface area contributed by atoms with E-state index in [9.17, 15) is 12.3 Å². The van der Waals surface area contributed by atoms with E-state index in [0.29, 0.717) is 11.3 Å². The number of ether oxygens (including phenoxy) is 1. The number of nitrogens with zero attached hydrogens (tertiary/aromatic N) is 4. The number of hydrogen-bond donors (Lipinski definition) is 0. The second-order valence-electron chi connectivity index (χ2n) is 19.0. The van der Waals surface area contributed by atoms with E-state index in [1.807, 2.05) is 47.0 Å². The average Bonchev–Trinajstić information content (AvgIpc) is 0.823. The summed E-state index contributed by atoms with van der Waals surface area (Å²) in [5.41, 5.74) is -3.11. The van der Waals surface area contributed by atoms with Gasteiger partial charge in [-0.15, -0.1) is 29.7 Å². The molecule has 0 radical (unpaired) electrons. The molecule has 3 aromatic heterocycles. The zero-order valence-electron chi connectivity index (χ0n) is 65.6. The Kier molecular flexibility index (Phi) is 7.80. The van der Waals surface area contributed by atoms with Gasteiger partial charge in [-0.05, 0) is 145 Å². The smallest absolute Gasteiger partial charge is 0.268 e. The van der Waals surface area contributed by atoms with E-state index in [-0.39, 0.29) is 93.8 Å². The van der Waals surface area contributed by atoms with Crippen molar-refractivity contribution in [1.82, 2.24) is 14.1 Å². The summed E-state index contributed by atoms with van der Waals surface area (Å²) in [4.78, 5) is 4.80. The third kappa shape index (κ3) is 9.25. The van der Waals surface area contributed by atoms with Gasteiger partial charge in [-0.2, -0.15) is 18.2 Å². The first kappa shape index (κ1) is 29.6. The van der Waals surface area contributed by atoms with Gasteiger partial charge in [-0.1, -0.05) is 184 Å². The molecule has 13 rings (SSSR count). The van der Waals surface area contributed by atoms with E-state index in [1.54, 1.807) is 30.5 Å². The van der Waals surface area contributed by atoms with Crippen LogP contribution in [0.1, 0.15) is 70.4 Å². The second-order valence-corrected chi connectivity index (χ2v) is 19.0. The minimum Gasteiger partial charge on any atom is -0.510 e. The number of benzene rings is 10. The van der Waals surface area contributed by atoms with Crippen LogP contribution in [0.3, 0.4) is 0 Å². The summed E-state index contributed by atoms with van der Waals surface area (Å²) in [7, 11) is 0. The molecule has 6 heteroatoms. The second kappa shape index (κ2) is 20.6. The quantitative estimate of drug-likeness (QED) is 0.101. The maximum atomic E-state index is 10.3. The molecule has 13 aromatic rings. The molecule has 0 aliphatic heterocycles. The molecule has 5 nitrogen and oxygen atoms in total. The Morgan fingerprint density at radius 2 is 1.18 bits per heavy atom. The van der Waals surface area contributed by atoms with Gasteiger partial charge in [-0.25, -0.2) is 4.98 Å². The molecule has 78 heavy (non-hydrogen) atoms. The van der Waals surface area contributed by atoms with Gasteiger partial charge in [0.1, 0.15) is 5.82 Å². The van der Waals surface area contributed by atoms with Crippen molar-refractivity contribution < 1.29 is 63.3 Å². The molecule has 0 atom stereocenters. The van der Waals surface area contributed by atoms with Gasteiger partial charge in [0.2, 0.25) is 0 Å². The monoisotopic (exact) mass is 1210 g/mol. The van der Waals surface area contributed by atoms with Gasteiger partial charge >= 0.3 is 0 Å². The SMILES string of the molecule is [2H]c1c([2H])c([2H])c(-c2cccc(-c3c([2H])c(-c4c([2H])c([2H])c([2H])c([2H])c4[2H])c([2H])c(-c4c([2H])c([2H])c([2H])c([2H])c4[2H])c3[2H])c2-[n+]2[c-]n(-c3[c-]c(Oc4[c-]c5c(cc4)c4ccccc4n5-c4cc(C(C)(C)C)ccn4)ccc3)c3cc(-c4c(C([2H])([2H])[2H])cccc4C([2H])([2H])[2H])ccc32)c([2H])c1[2H].[Pt]. The van der Waals surface area contributed by atoms with Gasteiger partial charge in [-0.3, -0.25) is 4.57 Å². The maximum Gasteiger partial charge on any atom is 0.268 e. The third-order valence-corrected chi connectivity index (χ3v) is 13.2. The largest absolute Gasteiger partial charge is 0.510 e. The van der Waals surface area contributed by atoms with E-state index < -0.39 is 156 Å². The fraction of sp³-hybridized carbons (Fsp3) is 0.0833. The number of para-hydroxylation sites is 2. The molecule has 0 aliphatic carbocycles. The van der Waals surface area contributed by atoms with Gasteiger partial charge < -0.3 is 13.9 Å². The number of rotatable bonds is 10. The van der Waals surface area contributed by atoms with E-state index in [4.69, 9.17) is 30.3 Å². The molecule has 3 heterocycles. The predicted octanol–water partition coefficient (Wildman–Crippen LogP) is 17.8. The first-order chi connectivity index (χ1) is 47.5. The molecule has 0 N–H and O–H groups in total. The van der Waals surface area contributed by atoms with Crippen LogP contribution in [0.4, 0.5) is 0 Å². The molecule has 0 amide bonds. The van der Waals surface area contributed by atoms with E-state index in [2.05, 4.69) is 39.2 Å². The van der Waals surface area contributed by atoms with Crippen molar-refractivity contribution >= 4 is 32.8 Å². The third-order valence-electron chi connectivity index (χ3n) is 13.2. The summed E-state index contributed by atoms with van der Waals surface area (Å²) >= 11 is 0. The Balaban J connectivity index is 0.00000982. The summed E-state index contributed by atoms with van der Waals surface area (Å²) in [6.45, 7) is 0.529. The van der Waals surface area contributed by atoms with Crippen LogP contribution in [0, 0.1) is 32.2 Å². The van der Waals surface area contributed by atoms with Crippen LogP contribution in [0.2, 0.25) is 0 Å². The molecule has 0 unspecified atom stereocenters. The molecule has 0 spiro atoms. The summed E-state index contributed by atoms with van der Waals surface area (Å²) < 4.78 is 228. The van der Waals surface area contributed by atoms with Crippen molar-refractivity contribution in [3.05, 3.63) is 271 Å². The van der Waals surface area contributed by atoms with E-state index in [0.717, 1.165) is 21.9 Å². The van der Waals surface area contributed by atoms with Crippen molar-refractivity contribution in [3.63, 3.8) is 0 Å². The Morgan fingerprint density at radius 3 is 1.87 bits per heavy atom. The molecule has 380 valence electrons. The van der Waals surface area contributed by atoms with Gasteiger partial charge in [0.05, 0.1) is 41.4 Å². The van der Waals surface area contributed by atoms with Gasteiger partial charge in [0.25, 0.3) is 6.33 Å². The summed E-state index contributed by atoms with van der Waals surface area (Å²) in [5, 5.41) is 1.76. The molecule has 10 aromatic carbocycles. The summed E-state index contributed by atoms with van der Waals surface area (Å²) in [6.07, 6.45) is 5.07. The van der Waals surface area contributed by atoms with E-state index in [1.165, 1.54) is 63.7 Å². The zero-order chi connectivity index (χ0) is 72.9. The topological polar surface area (TPSA) is 35.9 Å². The number of imidazole rings is 1. The number of hydrogen-bond acceptors (Lipinski definition) is 2. The Labute approximate surface area is 504 Å². The first-order valence-electron chi connectivity index (χ1n) is 36.3. The molecule has 0 fully saturated rings. The van der Waals surface area contributed by atoms with Crippen molar-refractivity contribution in [1.29, 1.82) is 0 Å². The zero-order valence-corrected chi connectivity index (χ0v) is 43.9. The Morgan fingerprint density at radius 1 is 0.551 bits per heavy atom. The van der Waals surface area contributed by atoms with Gasteiger partial charge in [0.15, 0.2) is 0 Å². The maximum absolute atomic E-state index is 10.3. The minimum atomic E-state index is -2.89. The van der Waals surface area contributed by atoms with Crippen LogP contribution in [0.25, 0.3) is 106 Å². The number of aromatic nitrogens is 4. The number of pyridine rings is 1. The Hall–Kier alpha value is -8.89. The normalized spacial score (nSPS) is 16.2. The fourth-order valence-corrected chi connectivity index (χ4v) is 9.57. The van der Waals surface area contributed by atoms with Crippen LogP contribution in [0.15, 0.2) is 236 Å². The Bertz CT molecular complexity index is 5500. The molecule has 0 aliphatic rings. The predicted molar refractivity (Wildman–Crippen MR) is 315 cm³/mol. The molecule has 0 saturated heterocycles. The van der Waals surface area contributed by atoms with Crippen molar-refractivity contribution in [2.75, 3.05) is 0 Å².